The van der Waals surface area contributed by atoms with E-state index in [2.05, 4.69) is 48.3 Å². The number of benzene rings is 1. The zero-order valence-electron chi connectivity index (χ0n) is 12.7. The zero-order valence-corrected chi connectivity index (χ0v) is 12.7. The molecule has 4 nitrogen and oxygen atoms in total. The van der Waals surface area contributed by atoms with Gasteiger partial charge in [0.1, 0.15) is 0 Å². The van der Waals surface area contributed by atoms with Crippen LogP contribution in [-0.4, -0.2) is 16.2 Å². The molecule has 1 aromatic heterocycles. The normalized spacial score (nSPS) is 19.5. The molecule has 4 heteroatoms. The van der Waals surface area contributed by atoms with Crippen molar-refractivity contribution in [2.45, 2.75) is 51.5 Å². The number of aromatic nitrogens is 2. The van der Waals surface area contributed by atoms with Crippen LogP contribution in [0.25, 0.3) is 0 Å². The van der Waals surface area contributed by atoms with Gasteiger partial charge in [-0.1, -0.05) is 43.3 Å². The second-order valence-electron chi connectivity index (χ2n) is 6.30. The highest BCUT2D eigenvalue weighted by Crippen LogP contribution is 2.35. The van der Waals surface area contributed by atoms with E-state index in [4.69, 9.17) is 10.3 Å². The van der Waals surface area contributed by atoms with E-state index in [-0.39, 0.29) is 12.0 Å². The highest BCUT2D eigenvalue weighted by Gasteiger charge is 2.26. The number of aryl methyl sites for hydroxylation is 1. The summed E-state index contributed by atoms with van der Waals surface area (Å²) in [6.07, 6.45) is 4.07. The number of hydrogen-bond acceptors (Lipinski definition) is 4. The molecule has 0 saturated carbocycles. The van der Waals surface area contributed by atoms with Crippen LogP contribution < -0.4 is 5.73 Å². The third kappa shape index (κ3) is 3.00. The first kappa shape index (κ1) is 14.3. The third-order valence-electron chi connectivity index (χ3n) is 4.43. The van der Waals surface area contributed by atoms with Crippen LogP contribution in [0, 0.1) is 5.92 Å². The second kappa shape index (κ2) is 5.98. The predicted octanol–water partition coefficient (Wildman–Crippen LogP) is 3.06. The van der Waals surface area contributed by atoms with Crippen molar-refractivity contribution in [2.24, 2.45) is 11.7 Å². The maximum absolute atomic E-state index is 6.09. The van der Waals surface area contributed by atoms with E-state index in [1.165, 1.54) is 17.5 Å². The van der Waals surface area contributed by atoms with Crippen LogP contribution in [0.2, 0.25) is 0 Å². The van der Waals surface area contributed by atoms with Crippen molar-refractivity contribution < 1.29 is 4.52 Å². The van der Waals surface area contributed by atoms with Crippen molar-refractivity contribution in [1.82, 2.24) is 10.1 Å². The van der Waals surface area contributed by atoms with Crippen molar-refractivity contribution >= 4 is 0 Å². The molecule has 2 aromatic rings. The van der Waals surface area contributed by atoms with Crippen LogP contribution >= 0.6 is 0 Å². The van der Waals surface area contributed by atoms with Crippen LogP contribution in [0.4, 0.5) is 0 Å². The first-order valence-electron chi connectivity index (χ1n) is 7.81. The first-order chi connectivity index (χ1) is 10.1. The smallest absolute Gasteiger partial charge is 0.228 e. The number of nitrogens with two attached hydrogens (primary N) is 1. The Kier molecular flexibility index (Phi) is 4.06. The molecule has 0 saturated heterocycles. The van der Waals surface area contributed by atoms with Gasteiger partial charge in [-0.2, -0.15) is 4.98 Å². The number of fused-ring (bicyclic) bond motifs is 1. The highest BCUT2D eigenvalue weighted by atomic mass is 16.5. The maximum atomic E-state index is 6.09. The molecule has 2 atom stereocenters. The maximum Gasteiger partial charge on any atom is 0.228 e. The van der Waals surface area contributed by atoms with Gasteiger partial charge in [0, 0.05) is 18.4 Å². The summed E-state index contributed by atoms with van der Waals surface area (Å²) in [5.74, 6) is 2.15. The van der Waals surface area contributed by atoms with E-state index in [9.17, 15) is 0 Å². The molecular formula is C17H23N3O. The van der Waals surface area contributed by atoms with Crippen molar-refractivity contribution in [3.63, 3.8) is 0 Å². The summed E-state index contributed by atoms with van der Waals surface area (Å²) in [5, 5.41) is 4.21. The Morgan fingerprint density at radius 3 is 2.95 bits per heavy atom. The molecule has 1 aliphatic carbocycles. The molecule has 112 valence electrons. The molecule has 1 aromatic carbocycles. The average molecular weight is 285 g/mol. The summed E-state index contributed by atoms with van der Waals surface area (Å²) in [6.45, 7) is 4.22. The summed E-state index contributed by atoms with van der Waals surface area (Å²) in [4.78, 5) is 4.60. The van der Waals surface area contributed by atoms with Gasteiger partial charge in [-0.15, -0.1) is 0 Å². The van der Waals surface area contributed by atoms with Crippen molar-refractivity contribution in [1.29, 1.82) is 0 Å². The molecule has 0 fully saturated rings. The lowest BCUT2D eigenvalue weighted by atomic mass is 9.82. The number of hydrogen-bond donors (Lipinski definition) is 1. The van der Waals surface area contributed by atoms with E-state index in [0.717, 1.165) is 18.7 Å². The lowest BCUT2D eigenvalue weighted by Gasteiger charge is -2.22. The van der Waals surface area contributed by atoms with Crippen LogP contribution in [0.5, 0.6) is 0 Å². The van der Waals surface area contributed by atoms with Crippen LogP contribution in [0.15, 0.2) is 28.8 Å². The summed E-state index contributed by atoms with van der Waals surface area (Å²) in [5.41, 5.74) is 8.85. The second-order valence-corrected chi connectivity index (χ2v) is 6.30. The molecule has 1 aliphatic rings. The van der Waals surface area contributed by atoms with Gasteiger partial charge in [0.25, 0.3) is 0 Å². The van der Waals surface area contributed by atoms with Gasteiger partial charge in [-0.25, -0.2) is 0 Å². The van der Waals surface area contributed by atoms with E-state index >= 15 is 0 Å². The van der Waals surface area contributed by atoms with E-state index in [0.29, 0.717) is 18.2 Å². The van der Waals surface area contributed by atoms with Gasteiger partial charge < -0.3 is 10.3 Å². The minimum absolute atomic E-state index is 0.0666. The van der Waals surface area contributed by atoms with Crippen molar-refractivity contribution in [3.8, 4) is 0 Å². The standard InChI is InChI=1S/C17H23N3O/c1-11(2)15(18)10-16-19-17(20-21-16)14-9-5-7-12-6-3-4-8-13(12)14/h3-4,6,8,11,14-15H,5,7,9-10,18H2,1-2H3. The fraction of sp³-hybridized carbons (Fsp3) is 0.529. The van der Waals surface area contributed by atoms with Gasteiger partial charge in [-0.3, -0.25) is 0 Å². The fourth-order valence-electron chi connectivity index (χ4n) is 2.95. The fourth-order valence-corrected chi connectivity index (χ4v) is 2.95. The van der Waals surface area contributed by atoms with Gasteiger partial charge in [-0.05, 0) is 36.3 Å². The Hall–Kier alpha value is -1.68. The lowest BCUT2D eigenvalue weighted by Crippen LogP contribution is -2.28. The van der Waals surface area contributed by atoms with Gasteiger partial charge in [0.2, 0.25) is 5.89 Å². The summed E-state index contributed by atoms with van der Waals surface area (Å²) < 4.78 is 5.41. The van der Waals surface area contributed by atoms with Crippen LogP contribution in [0.1, 0.15) is 55.4 Å². The van der Waals surface area contributed by atoms with Gasteiger partial charge in [0.15, 0.2) is 5.82 Å². The predicted molar refractivity (Wildman–Crippen MR) is 82.0 cm³/mol. The summed E-state index contributed by atoms with van der Waals surface area (Å²) in [6, 6.07) is 8.65. The monoisotopic (exact) mass is 285 g/mol. The van der Waals surface area contributed by atoms with Crippen molar-refractivity contribution in [3.05, 3.63) is 47.1 Å². The zero-order chi connectivity index (χ0) is 14.8. The molecule has 0 aliphatic heterocycles. The molecule has 0 spiro atoms. The molecule has 0 bridgehead atoms. The molecular weight excluding hydrogens is 262 g/mol. The summed E-state index contributed by atoms with van der Waals surface area (Å²) >= 11 is 0. The van der Waals surface area contributed by atoms with Gasteiger partial charge in [0.05, 0.1) is 0 Å². The van der Waals surface area contributed by atoms with E-state index in [1.807, 2.05) is 0 Å². The van der Waals surface area contributed by atoms with Crippen molar-refractivity contribution in [2.75, 3.05) is 0 Å². The first-order valence-corrected chi connectivity index (χ1v) is 7.81. The molecule has 3 rings (SSSR count). The summed E-state index contributed by atoms with van der Waals surface area (Å²) in [7, 11) is 0. The van der Waals surface area contributed by atoms with E-state index in [1.54, 1.807) is 0 Å². The van der Waals surface area contributed by atoms with Crippen LogP contribution in [-0.2, 0) is 12.8 Å². The Balaban J connectivity index is 1.81. The minimum Gasteiger partial charge on any atom is -0.339 e. The Morgan fingerprint density at radius 2 is 2.14 bits per heavy atom. The van der Waals surface area contributed by atoms with Crippen LogP contribution in [0.3, 0.4) is 0 Å². The minimum atomic E-state index is 0.0666. The molecule has 2 unspecified atom stereocenters. The van der Waals surface area contributed by atoms with E-state index < -0.39 is 0 Å². The quantitative estimate of drug-likeness (QED) is 0.937. The number of rotatable bonds is 4. The third-order valence-corrected chi connectivity index (χ3v) is 4.43. The molecule has 2 N–H and O–H groups in total. The highest BCUT2D eigenvalue weighted by molar-refractivity contribution is 5.36. The SMILES string of the molecule is CC(C)C(N)Cc1nc(C2CCCc3ccccc32)no1. The molecule has 21 heavy (non-hydrogen) atoms. The Bertz CT molecular complexity index is 606. The largest absolute Gasteiger partial charge is 0.339 e. The molecule has 1 heterocycles. The van der Waals surface area contributed by atoms with Gasteiger partial charge >= 0.3 is 0 Å². The lowest BCUT2D eigenvalue weighted by molar-refractivity contribution is 0.347. The molecule has 0 radical (unpaired) electrons. The Morgan fingerprint density at radius 1 is 1.33 bits per heavy atom. The molecule has 0 amide bonds. The number of nitrogens with zero attached hydrogens (tertiary/aromatic N) is 2. The topological polar surface area (TPSA) is 64.9 Å². The average Bonchev–Trinajstić information content (AvgIpc) is 2.95. The Labute approximate surface area is 125 Å².